The molecule has 0 radical (unpaired) electrons. The number of halogens is 2. The van der Waals surface area contributed by atoms with Gasteiger partial charge in [-0.1, -0.05) is 29.8 Å². The van der Waals surface area contributed by atoms with Crippen molar-refractivity contribution in [3.63, 3.8) is 0 Å². The van der Waals surface area contributed by atoms with Crippen molar-refractivity contribution in [1.29, 1.82) is 0 Å². The van der Waals surface area contributed by atoms with Crippen LogP contribution in [0.2, 0.25) is 5.02 Å². The molecule has 0 aliphatic carbocycles. The first kappa shape index (κ1) is 17.9. The number of pyridine rings is 1. The summed E-state index contributed by atoms with van der Waals surface area (Å²) in [4.78, 5) is 24.5. The molecule has 1 N–H and O–H groups in total. The van der Waals surface area contributed by atoms with Crippen molar-refractivity contribution in [2.45, 2.75) is 13.5 Å². The van der Waals surface area contributed by atoms with Crippen molar-refractivity contribution < 1.29 is 9.18 Å². The summed E-state index contributed by atoms with van der Waals surface area (Å²) in [6, 6.07) is 14.4. The third-order valence-corrected chi connectivity index (χ3v) is 4.15. The fourth-order valence-corrected chi connectivity index (χ4v) is 2.71. The van der Waals surface area contributed by atoms with Gasteiger partial charge in [-0.3, -0.25) is 9.59 Å². The molecule has 0 fully saturated rings. The molecule has 0 unspecified atom stereocenters. The number of nitrogens with zero attached hydrogens (tertiary/aromatic N) is 1. The molecule has 0 bridgehead atoms. The van der Waals surface area contributed by atoms with Crippen LogP contribution in [-0.4, -0.2) is 10.5 Å². The Morgan fingerprint density at radius 2 is 1.96 bits per heavy atom. The number of anilines is 1. The number of hydrogen-bond acceptors (Lipinski definition) is 2. The van der Waals surface area contributed by atoms with Gasteiger partial charge in [-0.2, -0.15) is 0 Å². The van der Waals surface area contributed by atoms with Crippen LogP contribution in [0.1, 0.15) is 21.5 Å². The molecule has 3 rings (SSSR count). The predicted molar refractivity (Wildman–Crippen MR) is 100 cm³/mol. The van der Waals surface area contributed by atoms with Crippen molar-refractivity contribution in [1.82, 2.24) is 4.57 Å². The molecule has 0 aliphatic rings. The fraction of sp³-hybridized carbons (Fsp3) is 0.100. The second-order valence-electron chi connectivity index (χ2n) is 5.93. The monoisotopic (exact) mass is 370 g/mol. The lowest BCUT2D eigenvalue weighted by atomic mass is 10.2. The van der Waals surface area contributed by atoms with E-state index in [2.05, 4.69) is 5.32 Å². The zero-order valence-corrected chi connectivity index (χ0v) is 14.8. The summed E-state index contributed by atoms with van der Waals surface area (Å²) in [6.45, 7) is 1.94. The molecular weight excluding hydrogens is 355 g/mol. The maximum atomic E-state index is 13.6. The van der Waals surface area contributed by atoms with Crippen molar-refractivity contribution in [3.8, 4) is 0 Å². The van der Waals surface area contributed by atoms with Crippen molar-refractivity contribution >= 4 is 23.2 Å². The molecule has 0 saturated heterocycles. The Labute approximate surface area is 154 Å². The van der Waals surface area contributed by atoms with Crippen LogP contribution in [0.5, 0.6) is 0 Å². The average molecular weight is 371 g/mol. The minimum absolute atomic E-state index is 0.233. The highest BCUT2D eigenvalue weighted by atomic mass is 35.5. The summed E-state index contributed by atoms with van der Waals surface area (Å²) in [7, 11) is 0. The van der Waals surface area contributed by atoms with Gasteiger partial charge < -0.3 is 9.88 Å². The molecule has 1 amide bonds. The summed E-state index contributed by atoms with van der Waals surface area (Å²) < 4.78 is 15.0. The van der Waals surface area contributed by atoms with Crippen LogP contribution in [0.3, 0.4) is 0 Å². The first-order valence-electron chi connectivity index (χ1n) is 7.95. The summed E-state index contributed by atoms with van der Waals surface area (Å²) in [5, 5.41) is 3.21. The Bertz CT molecular complexity index is 1030. The minimum atomic E-state index is -0.423. The zero-order chi connectivity index (χ0) is 18.7. The molecule has 1 aromatic heterocycles. The highest BCUT2D eigenvalue weighted by molar-refractivity contribution is 6.30. The summed E-state index contributed by atoms with van der Waals surface area (Å²) in [5.74, 6) is -0.818. The molecule has 26 heavy (non-hydrogen) atoms. The average Bonchev–Trinajstić information content (AvgIpc) is 2.60. The maximum absolute atomic E-state index is 13.6. The van der Waals surface area contributed by atoms with Gasteiger partial charge in [0.25, 0.3) is 11.5 Å². The van der Waals surface area contributed by atoms with Crippen LogP contribution < -0.4 is 10.9 Å². The van der Waals surface area contributed by atoms with E-state index in [0.29, 0.717) is 28.4 Å². The van der Waals surface area contributed by atoms with E-state index in [-0.39, 0.29) is 5.56 Å². The van der Waals surface area contributed by atoms with Crippen LogP contribution in [0, 0.1) is 12.7 Å². The van der Waals surface area contributed by atoms with Crippen molar-refractivity contribution in [2.24, 2.45) is 0 Å². The van der Waals surface area contributed by atoms with E-state index < -0.39 is 11.7 Å². The zero-order valence-electron chi connectivity index (χ0n) is 14.0. The van der Waals surface area contributed by atoms with E-state index in [0.717, 1.165) is 5.56 Å². The van der Waals surface area contributed by atoms with Gasteiger partial charge in [-0.05, 0) is 48.4 Å². The van der Waals surface area contributed by atoms with Gasteiger partial charge in [0.1, 0.15) is 5.82 Å². The van der Waals surface area contributed by atoms with Crippen LogP contribution in [0.25, 0.3) is 0 Å². The third kappa shape index (κ3) is 4.18. The van der Waals surface area contributed by atoms with Gasteiger partial charge in [-0.25, -0.2) is 4.39 Å². The maximum Gasteiger partial charge on any atom is 0.257 e. The molecular formula is C20H16ClFN2O2. The molecule has 132 valence electrons. The first-order valence-corrected chi connectivity index (χ1v) is 8.32. The number of benzene rings is 2. The smallest absolute Gasteiger partial charge is 0.257 e. The van der Waals surface area contributed by atoms with E-state index in [1.807, 2.05) is 6.07 Å². The molecule has 3 aromatic rings. The summed E-state index contributed by atoms with van der Waals surface area (Å²) in [5.41, 5.74) is 1.76. The number of amides is 1. The van der Waals surface area contributed by atoms with E-state index in [4.69, 9.17) is 11.6 Å². The van der Waals surface area contributed by atoms with Crippen LogP contribution in [-0.2, 0) is 6.54 Å². The van der Waals surface area contributed by atoms with Gasteiger partial charge in [-0.15, -0.1) is 0 Å². The number of carbonyl (C=O) groups excluding carboxylic acids is 1. The molecule has 2 aromatic carbocycles. The van der Waals surface area contributed by atoms with E-state index in [1.54, 1.807) is 37.3 Å². The Balaban J connectivity index is 1.83. The van der Waals surface area contributed by atoms with Gasteiger partial charge in [0.15, 0.2) is 0 Å². The normalized spacial score (nSPS) is 10.6. The van der Waals surface area contributed by atoms with Crippen LogP contribution in [0.15, 0.2) is 65.6 Å². The summed E-state index contributed by atoms with van der Waals surface area (Å²) >= 11 is 5.96. The second-order valence-corrected chi connectivity index (χ2v) is 6.37. The van der Waals surface area contributed by atoms with Crippen LogP contribution in [0.4, 0.5) is 10.1 Å². The summed E-state index contributed by atoms with van der Waals surface area (Å²) in [6.07, 6.45) is 1.48. The Kier molecular flexibility index (Phi) is 5.19. The molecule has 0 atom stereocenters. The lowest BCUT2D eigenvalue weighted by Crippen LogP contribution is -2.22. The van der Waals surface area contributed by atoms with E-state index in [9.17, 15) is 14.0 Å². The molecule has 4 nitrogen and oxygen atoms in total. The van der Waals surface area contributed by atoms with Crippen molar-refractivity contribution in [2.75, 3.05) is 5.32 Å². The van der Waals surface area contributed by atoms with Crippen LogP contribution >= 0.6 is 11.6 Å². The van der Waals surface area contributed by atoms with Crippen molar-refractivity contribution in [3.05, 3.63) is 98.7 Å². The Morgan fingerprint density at radius 1 is 1.15 bits per heavy atom. The largest absolute Gasteiger partial charge is 0.322 e. The standard InChI is InChI=1S/C20H16ClFN2O2/c1-13-5-7-17(10-18(13)22)23-20(26)15-6-8-19(25)24(12-15)11-14-3-2-4-16(21)9-14/h2-10,12H,11H2,1H3,(H,23,26). The molecule has 0 saturated carbocycles. The van der Waals surface area contributed by atoms with E-state index >= 15 is 0 Å². The van der Waals surface area contributed by atoms with Gasteiger partial charge in [0.05, 0.1) is 12.1 Å². The number of nitrogens with one attached hydrogen (secondary N) is 1. The van der Waals surface area contributed by atoms with Gasteiger partial charge in [0, 0.05) is 23.0 Å². The number of rotatable bonds is 4. The second kappa shape index (κ2) is 7.54. The Morgan fingerprint density at radius 3 is 2.69 bits per heavy atom. The van der Waals surface area contributed by atoms with Gasteiger partial charge >= 0.3 is 0 Å². The Hall–Kier alpha value is -2.92. The highest BCUT2D eigenvalue weighted by Gasteiger charge is 2.10. The SMILES string of the molecule is Cc1ccc(NC(=O)c2ccc(=O)n(Cc3cccc(Cl)c3)c2)cc1F. The topological polar surface area (TPSA) is 51.1 Å². The number of carbonyl (C=O) groups is 1. The molecule has 0 spiro atoms. The number of aromatic nitrogens is 1. The third-order valence-electron chi connectivity index (χ3n) is 3.92. The molecule has 6 heteroatoms. The minimum Gasteiger partial charge on any atom is -0.322 e. The number of hydrogen-bond donors (Lipinski definition) is 1. The molecule has 0 aliphatic heterocycles. The first-order chi connectivity index (χ1) is 12.4. The lowest BCUT2D eigenvalue weighted by molar-refractivity contribution is 0.102. The highest BCUT2D eigenvalue weighted by Crippen LogP contribution is 2.15. The quantitative estimate of drug-likeness (QED) is 0.746. The van der Waals surface area contributed by atoms with E-state index in [1.165, 1.54) is 29.0 Å². The number of aryl methyl sites for hydroxylation is 1. The molecule has 1 heterocycles. The fourth-order valence-electron chi connectivity index (χ4n) is 2.50. The lowest BCUT2D eigenvalue weighted by Gasteiger charge is -2.10. The predicted octanol–water partition coefficient (Wildman–Crippen LogP) is 4.25. The van der Waals surface area contributed by atoms with Gasteiger partial charge in [0.2, 0.25) is 0 Å².